The number of thioether (sulfide) groups is 1. The van der Waals surface area contributed by atoms with Gasteiger partial charge in [0, 0.05) is 4.90 Å². The summed E-state index contributed by atoms with van der Waals surface area (Å²) in [6.07, 6.45) is 0. The molecule has 1 rings (SSSR count). The molecule has 0 atom stereocenters. The molecule has 1 aromatic carbocycles. The Kier molecular flexibility index (Phi) is 5.67. The average molecular weight is 294 g/mol. The molecular weight excluding hydrogens is 285 g/mol. The molecule has 0 aliphatic rings. The summed E-state index contributed by atoms with van der Waals surface area (Å²) in [5, 5.41) is 2.81. The van der Waals surface area contributed by atoms with Crippen molar-refractivity contribution in [2.45, 2.75) is 4.90 Å². The molecule has 0 amide bonds. The number of thiocarbonyl (C=S) groups is 1. The molecule has 7 heteroatoms. The molecule has 0 aliphatic carbocycles. The van der Waals surface area contributed by atoms with Crippen molar-refractivity contribution in [1.82, 2.24) is 0 Å². The van der Waals surface area contributed by atoms with Crippen molar-refractivity contribution < 1.29 is 13.9 Å². The minimum absolute atomic E-state index is 0.110. The van der Waals surface area contributed by atoms with Gasteiger partial charge in [-0.2, -0.15) is 0 Å². The van der Waals surface area contributed by atoms with Crippen LogP contribution in [0.15, 0.2) is 17.0 Å². The number of ether oxygens (including phenoxy) is 1. The van der Waals surface area contributed by atoms with Gasteiger partial charge >= 0.3 is 5.97 Å². The normalized spacial score (nSPS) is 9.82. The summed E-state index contributed by atoms with van der Waals surface area (Å²) in [5.41, 5.74) is 1.41. The zero-order valence-corrected chi connectivity index (χ0v) is 11.2. The summed E-state index contributed by atoms with van der Waals surface area (Å²) in [6, 6.07) is 2.66. The van der Waals surface area contributed by atoms with Gasteiger partial charge in [0.05, 0.1) is 29.1 Å². The van der Waals surface area contributed by atoms with Crippen LogP contribution in [0.4, 0.5) is 10.1 Å². The number of hydrogen-bond donors (Lipinski definition) is 1. The lowest BCUT2D eigenvalue weighted by molar-refractivity contribution is -0.137. The van der Waals surface area contributed by atoms with Gasteiger partial charge in [0.15, 0.2) is 0 Å². The fourth-order valence-corrected chi connectivity index (χ4v) is 2.24. The highest BCUT2D eigenvalue weighted by Gasteiger charge is 2.10. The van der Waals surface area contributed by atoms with Gasteiger partial charge in [0.25, 0.3) is 0 Å². The maximum absolute atomic E-state index is 13.4. The average Bonchev–Trinajstić information content (AvgIpc) is 2.30. The first kappa shape index (κ1) is 14.2. The Hall–Kier alpha value is -0.850. The predicted molar refractivity (Wildman–Crippen MR) is 71.4 cm³/mol. The van der Waals surface area contributed by atoms with E-state index in [1.807, 2.05) is 0 Å². The van der Waals surface area contributed by atoms with Crippen LogP contribution in [0, 0.1) is 5.82 Å². The fourth-order valence-electron chi connectivity index (χ4n) is 1.01. The van der Waals surface area contributed by atoms with Crippen LogP contribution in [0.1, 0.15) is 0 Å². The van der Waals surface area contributed by atoms with Crippen LogP contribution in [0.3, 0.4) is 0 Å². The van der Waals surface area contributed by atoms with Crippen molar-refractivity contribution in [3.63, 3.8) is 0 Å². The molecule has 17 heavy (non-hydrogen) atoms. The van der Waals surface area contributed by atoms with E-state index in [9.17, 15) is 9.18 Å². The Morgan fingerprint density at radius 2 is 2.41 bits per heavy atom. The van der Waals surface area contributed by atoms with E-state index < -0.39 is 5.82 Å². The summed E-state index contributed by atoms with van der Waals surface area (Å²) in [7, 11) is 1.30. The molecule has 1 aromatic rings. The van der Waals surface area contributed by atoms with E-state index in [4.69, 9.17) is 11.6 Å². The second-order valence-corrected chi connectivity index (χ2v) is 4.55. The number of methoxy groups -OCH3 is 1. The molecule has 0 saturated heterocycles. The molecule has 0 aliphatic heterocycles. The van der Waals surface area contributed by atoms with Gasteiger partial charge in [0.1, 0.15) is 5.82 Å². The lowest BCUT2D eigenvalue weighted by Gasteiger charge is -2.07. The second-order valence-electron chi connectivity index (χ2n) is 2.89. The molecule has 0 spiro atoms. The van der Waals surface area contributed by atoms with Gasteiger partial charge in [-0.25, -0.2) is 4.39 Å². The smallest absolute Gasteiger partial charge is 0.315 e. The topological polar surface area (TPSA) is 38.3 Å². The summed E-state index contributed by atoms with van der Waals surface area (Å²) in [5.74, 6) is -0.767. The molecule has 92 valence electrons. The number of benzene rings is 1. The van der Waals surface area contributed by atoms with Crippen molar-refractivity contribution >= 4 is 52.7 Å². The van der Waals surface area contributed by atoms with Crippen molar-refractivity contribution in [3.8, 4) is 0 Å². The van der Waals surface area contributed by atoms with Crippen LogP contribution in [0.5, 0.6) is 0 Å². The van der Waals surface area contributed by atoms with E-state index >= 15 is 0 Å². The Morgan fingerprint density at radius 1 is 1.71 bits per heavy atom. The molecule has 0 unspecified atom stereocenters. The van der Waals surface area contributed by atoms with E-state index in [1.165, 1.54) is 36.5 Å². The second kappa shape index (κ2) is 6.78. The molecule has 0 fully saturated rings. The Labute approximate surface area is 113 Å². The standard InChI is InChI=1S/C10H9ClFNO2S2/c1-15-10(14)4-17-9-3-8(13-5-16)7(12)2-6(9)11/h2-3,5H,4H2,1H3,(H,13,16). The minimum atomic E-state index is -0.501. The number of rotatable bonds is 5. The third-order valence-electron chi connectivity index (χ3n) is 1.81. The molecule has 0 heterocycles. The van der Waals surface area contributed by atoms with Gasteiger partial charge in [-0.3, -0.25) is 4.79 Å². The lowest BCUT2D eigenvalue weighted by atomic mass is 10.3. The summed E-state index contributed by atoms with van der Waals surface area (Å²) in [6.45, 7) is 0. The van der Waals surface area contributed by atoms with Crippen LogP contribution in [0.25, 0.3) is 0 Å². The molecule has 3 nitrogen and oxygen atoms in total. The zero-order valence-electron chi connectivity index (χ0n) is 8.83. The maximum atomic E-state index is 13.4. The highest BCUT2D eigenvalue weighted by molar-refractivity contribution is 8.00. The van der Waals surface area contributed by atoms with Crippen molar-refractivity contribution in [1.29, 1.82) is 0 Å². The van der Waals surface area contributed by atoms with Crippen LogP contribution in [0.2, 0.25) is 5.02 Å². The Morgan fingerprint density at radius 3 is 3.00 bits per heavy atom. The molecule has 0 radical (unpaired) electrons. The van der Waals surface area contributed by atoms with Crippen LogP contribution in [-0.2, 0) is 9.53 Å². The Balaban J connectivity index is 2.87. The van der Waals surface area contributed by atoms with Crippen LogP contribution < -0.4 is 5.32 Å². The predicted octanol–water partition coefficient (Wildman–Crippen LogP) is 3.11. The van der Waals surface area contributed by atoms with Crippen molar-refractivity contribution in [3.05, 3.63) is 23.0 Å². The third kappa shape index (κ3) is 4.14. The Bertz CT molecular complexity index is 443. The fraction of sp³-hybridized carbons (Fsp3) is 0.200. The third-order valence-corrected chi connectivity index (χ3v) is 3.38. The lowest BCUT2D eigenvalue weighted by Crippen LogP contribution is -2.03. The van der Waals surface area contributed by atoms with Crippen LogP contribution in [-0.4, -0.2) is 24.3 Å². The number of esters is 1. The number of nitrogens with one attached hydrogen (secondary N) is 1. The first-order valence-electron chi connectivity index (χ1n) is 4.47. The van der Waals surface area contributed by atoms with E-state index in [0.717, 1.165) is 0 Å². The van der Waals surface area contributed by atoms with Crippen LogP contribution >= 0.6 is 35.6 Å². The molecule has 0 saturated carbocycles. The van der Waals surface area contributed by atoms with Gasteiger partial charge < -0.3 is 10.1 Å². The van der Waals surface area contributed by atoms with E-state index in [1.54, 1.807) is 0 Å². The summed E-state index contributed by atoms with van der Waals surface area (Å²) >= 11 is 11.6. The van der Waals surface area contributed by atoms with E-state index in [0.29, 0.717) is 4.90 Å². The quantitative estimate of drug-likeness (QED) is 0.513. The van der Waals surface area contributed by atoms with Gasteiger partial charge in [-0.15, -0.1) is 11.8 Å². The largest absolute Gasteiger partial charge is 0.468 e. The van der Waals surface area contributed by atoms with E-state index in [2.05, 4.69) is 22.3 Å². The number of anilines is 1. The highest BCUT2D eigenvalue weighted by atomic mass is 35.5. The number of hydrogen-bond acceptors (Lipinski definition) is 4. The number of halogens is 2. The number of carbonyl (C=O) groups excluding carboxylic acids is 1. The first-order valence-corrected chi connectivity index (χ1v) is 6.30. The van der Waals surface area contributed by atoms with E-state index in [-0.39, 0.29) is 22.4 Å². The summed E-state index contributed by atoms with van der Waals surface area (Å²) in [4.78, 5) is 11.6. The SMILES string of the molecule is COC(=O)CSc1cc(NC=S)c(F)cc1Cl. The minimum Gasteiger partial charge on any atom is -0.468 e. The highest BCUT2D eigenvalue weighted by Crippen LogP contribution is 2.31. The zero-order chi connectivity index (χ0) is 12.8. The molecule has 0 aromatic heterocycles. The van der Waals surface area contributed by atoms with Gasteiger partial charge in [0.2, 0.25) is 0 Å². The maximum Gasteiger partial charge on any atom is 0.315 e. The molecule has 1 N–H and O–H groups in total. The first-order chi connectivity index (χ1) is 8.08. The van der Waals surface area contributed by atoms with Gasteiger partial charge in [-0.05, 0) is 12.1 Å². The van der Waals surface area contributed by atoms with Gasteiger partial charge in [-0.1, -0.05) is 23.8 Å². The summed E-state index contributed by atoms with van der Waals surface area (Å²) < 4.78 is 17.9. The molecule has 0 bridgehead atoms. The van der Waals surface area contributed by atoms with Crippen molar-refractivity contribution in [2.24, 2.45) is 0 Å². The number of carbonyl (C=O) groups is 1. The van der Waals surface area contributed by atoms with Crippen molar-refractivity contribution in [2.75, 3.05) is 18.2 Å². The monoisotopic (exact) mass is 293 g/mol. The molecular formula is C10H9ClFNO2S2.